The van der Waals surface area contributed by atoms with Gasteiger partial charge < -0.3 is 4.90 Å². The summed E-state index contributed by atoms with van der Waals surface area (Å²) in [6.45, 7) is 1.72. The third-order valence-corrected chi connectivity index (χ3v) is 5.48. The molecule has 5 nitrogen and oxygen atoms in total. The molecule has 106 valence electrons. The third-order valence-electron chi connectivity index (χ3n) is 3.25. The normalized spacial score (nSPS) is 18.0. The molecule has 1 fully saturated rings. The molecule has 19 heavy (non-hydrogen) atoms. The highest BCUT2D eigenvalue weighted by molar-refractivity contribution is 7.89. The van der Waals surface area contributed by atoms with Crippen LogP contribution in [-0.2, 0) is 10.0 Å². The molecule has 1 aliphatic rings. The van der Waals surface area contributed by atoms with E-state index in [-0.39, 0.29) is 10.3 Å². The number of piperidine rings is 1. The van der Waals surface area contributed by atoms with E-state index in [4.69, 9.17) is 11.6 Å². The quantitative estimate of drug-likeness (QED) is 0.795. The second-order valence-corrected chi connectivity index (χ2v) is 7.57. The average molecular weight is 304 g/mol. The van der Waals surface area contributed by atoms with Gasteiger partial charge in [-0.2, -0.15) is 0 Å². The van der Waals surface area contributed by atoms with Crippen LogP contribution in [0.15, 0.2) is 23.2 Å². The molecule has 7 heteroatoms. The van der Waals surface area contributed by atoms with E-state index in [2.05, 4.69) is 9.88 Å². The highest BCUT2D eigenvalue weighted by Gasteiger charge is 2.20. The molecular weight excluding hydrogens is 286 g/mol. The number of hydrogen-bond acceptors (Lipinski definition) is 4. The van der Waals surface area contributed by atoms with Crippen LogP contribution in [0.25, 0.3) is 0 Å². The van der Waals surface area contributed by atoms with Gasteiger partial charge in [0.1, 0.15) is 10.7 Å². The van der Waals surface area contributed by atoms with Gasteiger partial charge in [-0.3, -0.25) is 0 Å². The van der Waals surface area contributed by atoms with Crippen molar-refractivity contribution in [2.24, 2.45) is 0 Å². The summed E-state index contributed by atoms with van der Waals surface area (Å²) in [5.41, 5.74) is 0. The molecule has 0 spiro atoms. The fraction of sp³-hybridized carbons (Fsp3) is 0.583. The number of nitrogens with zero attached hydrogens (tertiary/aromatic N) is 3. The molecular formula is C12H18ClN3O2S. The van der Waals surface area contributed by atoms with Gasteiger partial charge >= 0.3 is 0 Å². The Balaban J connectivity index is 2.15. The molecule has 1 saturated heterocycles. The first-order valence-electron chi connectivity index (χ1n) is 6.19. The maximum Gasteiger partial charge on any atom is 0.244 e. The van der Waals surface area contributed by atoms with Crippen molar-refractivity contribution in [2.45, 2.75) is 23.1 Å². The summed E-state index contributed by atoms with van der Waals surface area (Å²) in [4.78, 5) is 6.60. The summed E-state index contributed by atoms with van der Waals surface area (Å²) in [6.07, 6.45) is 3.28. The van der Waals surface area contributed by atoms with Crippen LogP contribution in [0.5, 0.6) is 0 Å². The molecule has 0 radical (unpaired) electrons. The fourth-order valence-corrected chi connectivity index (χ4v) is 3.04. The van der Waals surface area contributed by atoms with E-state index in [1.54, 1.807) is 12.1 Å². The largest absolute Gasteiger partial charge is 0.357 e. The van der Waals surface area contributed by atoms with Crippen LogP contribution < -0.4 is 4.90 Å². The maximum absolute atomic E-state index is 11.9. The van der Waals surface area contributed by atoms with Crippen molar-refractivity contribution in [2.75, 3.05) is 32.1 Å². The van der Waals surface area contributed by atoms with Crippen molar-refractivity contribution in [1.29, 1.82) is 0 Å². The summed E-state index contributed by atoms with van der Waals surface area (Å²) >= 11 is 6.06. The minimum atomic E-state index is -3.40. The van der Waals surface area contributed by atoms with Gasteiger partial charge in [-0.1, -0.05) is 0 Å². The van der Waals surface area contributed by atoms with Crippen molar-refractivity contribution in [3.8, 4) is 0 Å². The predicted molar refractivity (Wildman–Crippen MR) is 76.2 cm³/mol. The Bertz CT molecular complexity index is 522. The summed E-state index contributed by atoms with van der Waals surface area (Å²) in [6, 6.07) is 3.36. The van der Waals surface area contributed by atoms with Crippen LogP contribution in [0.3, 0.4) is 0 Å². The van der Waals surface area contributed by atoms with E-state index >= 15 is 0 Å². The summed E-state index contributed by atoms with van der Waals surface area (Å²) in [7, 11) is -0.385. The number of hydrogen-bond donors (Lipinski definition) is 0. The summed E-state index contributed by atoms with van der Waals surface area (Å²) < 4.78 is 25.0. The molecule has 0 bridgehead atoms. The van der Waals surface area contributed by atoms with Crippen LogP contribution >= 0.6 is 11.6 Å². The molecule has 0 amide bonds. The van der Waals surface area contributed by atoms with Crippen LogP contribution in [0.2, 0.25) is 0 Å². The lowest BCUT2D eigenvalue weighted by Crippen LogP contribution is -2.34. The van der Waals surface area contributed by atoms with Crippen molar-refractivity contribution in [3.05, 3.63) is 18.3 Å². The lowest BCUT2D eigenvalue weighted by Gasteiger charge is -2.30. The zero-order valence-electron chi connectivity index (χ0n) is 11.1. The Morgan fingerprint density at radius 3 is 2.42 bits per heavy atom. The van der Waals surface area contributed by atoms with Crippen molar-refractivity contribution in [1.82, 2.24) is 9.29 Å². The molecule has 0 N–H and O–H groups in total. The number of pyridine rings is 1. The average Bonchev–Trinajstić information content (AvgIpc) is 2.39. The Hall–Kier alpha value is -0.850. The third kappa shape index (κ3) is 3.19. The second-order valence-electron chi connectivity index (χ2n) is 4.80. The lowest BCUT2D eigenvalue weighted by molar-refractivity contribution is 0.520. The zero-order valence-corrected chi connectivity index (χ0v) is 12.7. The van der Waals surface area contributed by atoms with Gasteiger partial charge in [0.2, 0.25) is 10.0 Å². The molecule has 1 aromatic heterocycles. The van der Waals surface area contributed by atoms with E-state index in [1.165, 1.54) is 24.6 Å². The number of sulfonamides is 1. The first kappa shape index (κ1) is 14.6. The van der Waals surface area contributed by atoms with Gasteiger partial charge in [0.25, 0.3) is 0 Å². The molecule has 2 heterocycles. The van der Waals surface area contributed by atoms with Crippen LogP contribution in [0.1, 0.15) is 12.8 Å². The molecule has 2 rings (SSSR count). The van der Waals surface area contributed by atoms with E-state index in [9.17, 15) is 8.42 Å². The number of aromatic nitrogens is 1. The van der Waals surface area contributed by atoms with Gasteiger partial charge in [0, 0.05) is 38.8 Å². The van der Waals surface area contributed by atoms with Crippen LogP contribution in [-0.4, -0.2) is 50.3 Å². The molecule has 1 aromatic rings. The Labute approximate surface area is 119 Å². The predicted octanol–water partition coefficient (Wildman–Crippen LogP) is 1.54. The Kier molecular flexibility index (Phi) is 4.32. The van der Waals surface area contributed by atoms with Crippen molar-refractivity contribution in [3.63, 3.8) is 0 Å². The second kappa shape index (κ2) is 5.64. The first-order chi connectivity index (χ1) is 8.91. The number of halogens is 1. The summed E-state index contributed by atoms with van der Waals surface area (Å²) in [5, 5.41) is 0.240. The van der Waals surface area contributed by atoms with Gasteiger partial charge in [-0.15, -0.1) is 11.6 Å². The van der Waals surface area contributed by atoms with E-state index in [0.29, 0.717) is 0 Å². The molecule has 0 unspecified atom stereocenters. The highest BCUT2D eigenvalue weighted by atomic mass is 35.5. The molecule has 0 saturated carbocycles. The minimum absolute atomic E-state index is 0.216. The first-order valence-corrected chi connectivity index (χ1v) is 8.06. The van der Waals surface area contributed by atoms with Crippen LogP contribution in [0, 0.1) is 0 Å². The number of alkyl halides is 1. The summed E-state index contributed by atoms with van der Waals surface area (Å²) in [5.74, 6) is 0.807. The Morgan fingerprint density at radius 1 is 1.32 bits per heavy atom. The molecule has 1 aliphatic heterocycles. The maximum atomic E-state index is 11.9. The van der Waals surface area contributed by atoms with Crippen LogP contribution in [0.4, 0.5) is 5.82 Å². The monoisotopic (exact) mass is 303 g/mol. The number of anilines is 1. The van der Waals surface area contributed by atoms with E-state index < -0.39 is 10.0 Å². The van der Waals surface area contributed by atoms with Gasteiger partial charge in [-0.05, 0) is 25.0 Å². The van der Waals surface area contributed by atoms with E-state index in [1.807, 2.05) is 0 Å². The minimum Gasteiger partial charge on any atom is -0.357 e. The zero-order chi connectivity index (χ0) is 14.0. The Morgan fingerprint density at radius 2 is 1.95 bits per heavy atom. The molecule has 0 atom stereocenters. The van der Waals surface area contributed by atoms with Crippen molar-refractivity contribution >= 4 is 27.4 Å². The SMILES string of the molecule is CN(C)S(=O)(=O)c1ccc(N2CCC(Cl)CC2)nc1. The van der Waals surface area contributed by atoms with E-state index in [0.717, 1.165) is 31.7 Å². The highest BCUT2D eigenvalue weighted by Crippen LogP contribution is 2.22. The van der Waals surface area contributed by atoms with Gasteiger partial charge in [0.05, 0.1) is 0 Å². The smallest absolute Gasteiger partial charge is 0.244 e. The van der Waals surface area contributed by atoms with Gasteiger partial charge in [-0.25, -0.2) is 17.7 Å². The topological polar surface area (TPSA) is 53.5 Å². The van der Waals surface area contributed by atoms with Gasteiger partial charge in [0.15, 0.2) is 0 Å². The molecule has 0 aromatic carbocycles. The fourth-order valence-electron chi connectivity index (χ4n) is 2.00. The lowest BCUT2D eigenvalue weighted by atomic mass is 10.1. The van der Waals surface area contributed by atoms with Crippen molar-refractivity contribution < 1.29 is 8.42 Å². The number of rotatable bonds is 3. The molecule has 0 aliphatic carbocycles. The standard InChI is InChI=1S/C12H18ClN3O2S/c1-15(2)19(17,18)11-3-4-12(14-9-11)16-7-5-10(13)6-8-16/h3-4,9-10H,5-8H2,1-2H3.